The van der Waals surface area contributed by atoms with Gasteiger partial charge < -0.3 is 0 Å². The summed E-state index contributed by atoms with van der Waals surface area (Å²) < 4.78 is 0. The summed E-state index contributed by atoms with van der Waals surface area (Å²) in [4.78, 5) is 10.5. The first kappa shape index (κ1) is 10.7. The van der Waals surface area contributed by atoms with Gasteiger partial charge in [-0.05, 0) is 5.56 Å². The van der Waals surface area contributed by atoms with Crippen molar-refractivity contribution in [3.63, 3.8) is 0 Å². The van der Waals surface area contributed by atoms with Gasteiger partial charge in [-0.2, -0.15) is 11.8 Å². The number of hydrogen-bond acceptors (Lipinski definition) is 2. The van der Waals surface area contributed by atoms with E-state index in [1.165, 1.54) is 5.56 Å². The van der Waals surface area contributed by atoms with Crippen LogP contribution in [0.3, 0.4) is 0 Å². The molecular weight excluding hydrogens is 200 g/mol. The fraction of sp³-hybridized carbons (Fsp3) is 0.300. The molecule has 0 radical (unpaired) electrons. The number of benzene rings is 1. The van der Waals surface area contributed by atoms with Gasteiger partial charge in [0.15, 0.2) is 5.12 Å². The van der Waals surface area contributed by atoms with Crippen LogP contribution < -0.4 is 0 Å². The maximum absolute atomic E-state index is 10.5. The molecule has 1 rings (SSSR count). The van der Waals surface area contributed by atoms with Crippen molar-refractivity contribution in [2.75, 3.05) is 5.75 Å². The normalized spacial score (nSPS) is 9.92. The minimum Gasteiger partial charge on any atom is -0.287 e. The van der Waals surface area contributed by atoms with Crippen LogP contribution in [0.2, 0.25) is 0 Å². The molecular formula is C10H12OS2. The van der Waals surface area contributed by atoms with Crippen molar-refractivity contribution in [1.29, 1.82) is 0 Å². The first-order valence-corrected chi connectivity index (χ1v) is 5.72. The lowest BCUT2D eigenvalue weighted by Gasteiger charge is -1.99. The standard InChI is InChI=1S/C10H12OS2/c11-10(12)6-7-13-8-9-4-2-1-3-5-9/h1-5H,6-8H2,(H,11,12). The van der Waals surface area contributed by atoms with Crippen LogP contribution in [0.25, 0.3) is 0 Å². The molecule has 0 saturated heterocycles. The molecule has 1 nitrogen and oxygen atoms in total. The molecule has 0 amide bonds. The second kappa shape index (κ2) is 6.11. The van der Waals surface area contributed by atoms with E-state index in [4.69, 9.17) is 0 Å². The van der Waals surface area contributed by atoms with Crippen molar-refractivity contribution in [1.82, 2.24) is 0 Å². The Morgan fingerprint density at radius 1 is 1.31 bits per heavy atom. The van der Waals surface area contributed by atoms with Gasteiger partial charge in [0.25, 0.3) is 0 Å². The van der Waals surface area contributed by atoms with E-state index in [-0.39, 0.29) is 5.12 Å². The van der Waals surface area contributed by atoms with Crippen LogP contribution in [-0.4, -0.2) is 10.9 Å². The van der Waals surface area contributed by atoms with Crippen molar-refractivity contribution in [2.45, 2.75) is 12.2 Å². The Labute approximate surface area is 88.3 Å². The molecule has 1 aromatic carbocycles. The third-order valence-corrected chi connectivity index (χ3v) is 2.83. The Kier molecular flexibility index (Phi) is 5.01. The van der Waals surface area contributed by atoms with Crippen molar-refractivity contribution < 1.29 is 4.79 Å². The number of rotatable bonds is 5. The minimum absolute atomic E-state index is 0.0273. The molecule has 0 aliphatic heterocycles. The molecule has 0 aliphatic carbocycles. The summed E-state index contributed by atoms with van der Waals surface area (Å²) in [5.41, 5.74) is 1.30. The van der Waals surface area contributed by atoms with Gasteiger partial charge in [0.2, 0.25) is 0 Å². The van der Waals surface area contributed by atoms with E-state index >= 15 is 0 Å². The summed E-state index contributed by atoms with van der Waals surface area (Å²) >= 11 is 5.47. The van der Waals surface area contributed by atoms with Crippen LogP contribution in [0.5, 0.6) is 0 Å². The summed E-state index contributed by atoms with van der Waals surface area (Å²) in [5.74, 6) is 1.83. The van der Waals surface area contributed by atoms with Gasteiger partial charge in [0, 0.05) is 17.9 Å². The third-order valence-electron chi connectivity index (χ3n) is 1.57. The highest BCUT2D eigenvalue weighted by Gasteiger charge is 1.95. The van der Waals surface area contributed by atoms with E-state index in [0.29, 0.717) is 6.42 Å². The molecule has 0 bridgehead atoms. The lowest BCUT2D eigenvalue weighted by Crippen LogP contribution is -1.89. The summed E-state index contributed by atoms with van der Waals surface area (Å²) in [6.45, 7) is 0. The maximum atomic E-state index is 10.5. The molecule has 3 heteroatoms. The Balaban J connectivity index is 2.17. The number of carbonyl (C=O) groups excluding carboxylic acids is 1. The maximum Gasteiger partial charge on any atom is 0.186 e. The van der Waals surface area contributed by atoms with E-state index in [9.17, 15) is 4.79 Å². The van der Waals surface area contributed by atoms with Crippen LogP contribution >= 0.6 is 24.4 Å². The molecule has 0 aliphatic rings. The van der Waals surface area contributed by atoms with E-state index in [0.717, 1.165) is 11.5 Å². The lowest BCUT2D eigenvalue weighted by atomic mass is 10.2. The number of thiol groups is 1. The molecule has 0 aromatic heterocycles. The molecule has 0 N–H and O–H groups in total. The topological polar surface area (TPSA) is 17.1 Å². The molecule has 70 valence electrons. The van der Waals surface area contributed by atoms with Crippen molar-refractivity contribution in [3.8, 4) is 0 Å². The van der Waals surface area contributed by atoms with Crippen molar-refractivity contribution in [3.05, 3.63) is 35.9 Å². The van der Waals surface area contributed by atoms with Gasteiger partial charge in [0.1, 0.15) is 0 Å². The molecule has 1 aromatic rings. The number of thioether (sulfide) groups is 1. The van der Waals surface area contributed by atoms with Gasteiger partial charge in [-0.25, -0.2) is 0 Å². The van der Waals surface area contributed by atoms with Gasteiger partial charge >= 0.3 is 0 Å². The quantitative estimate of drug-likeness (QED) is 0.597. The molecule has 0 saturated carbocycles. The average molecular weight is 212 g/mol. The zero-order valence-corrected chi connectivity index (χ0v) is 8.98. The SMILES string of the molecule is O=C(S)CCSCc1ccccc1. The fourth-order valence-corrected chi connectivity index (χ4v) is 2.09. The van der Waals surface area contributed by atoms with Crippen molar-refractivity contribution in [2.24, 2.45) is 0 Å². The molecule has 0 fully saturated rings. The van der Waals surface area contributed by atoms with E-state index in [2.05, 4.69) is 24.8 Å². The van der Waals surface area contributed by atoms with Gasteiger partial charge in [-0.1, -0.05) is 30.3 Å². The Morgan fingerprint density at radius 2 is 2.00 bits per heavy atom. The molecule has 0 spiro atoms. The van der Waals surface area contributed by atoms with Gasteiger partial charge in [-0.3, -0.25) is 4.79 Å². The van der Waals surface area contributed by atoms with Crippen LogP contribution in [0, 0.1) is 0 Å². The number of hydrogen-bond donors (Lipinski definition) is 1. The predicted molar refractivity (Wildman–Crippen MR) is 61.2 cm³/mol. The monoisotopic (exact) mass is 212 g/mol. The Hall–Kier alpha value is -0.410. The summed E-state index contributed by atoms with van der Waals surface area (Å²) in [7, 11) is 0. The summed E-state index contributed by atoms with van der Waals surface area (Å²) in [6.07, 6.45) is 0.556. The lowest BCUT2D eigenvalue weighted by molar-refractivity contribution is -0.110. The highest BCUT2D eigenvalue weighted by Crippen LogP contribution is 2.12. The molecule has 0 atom stereocenters. The van der Waals surface area contributed by atoms with Crippen LogP contribution in [0.4, 0.5) is 0 Å². The molecule has 13 heavy (non-hydrogen) atoms. The second-order valence-electron chi connectivity index (χ2n) is 2.68. The summed E-state index contributed by atoms with van der Waals surface area (Å²) in [5, 5.41) is -0.0273. The van der Waals surface area contributed by atoms with Gasteiger partial charge in [-0.15, -0.1) is 12.6 Å². The van der Waals surface area contributed by atoms with E-state index in [1.807, 2.05) is 18.2 Å². The van der Waals surface area contributed by atoms with Crippen LogP contribution in [0.15, 0.2) is 30.3 Å². The van der Waals surface area contributed by atoms with E-state index < -0.39 is 0 Å². The third kappa shape index (κ3) is 5.01. The molecule has 0 unspecified atom stereocenters. The zero-order chi connectivity index (χ0) is 9.52. The minimum atomic E-state index is -0.0273. The Morgan fingerprint density at radius 3 is 2.62 bits per heavy atom. The van der Waals surface area contributed by atoms with E-state index in [1.54, 1.807) is 11.8 Å². The van der Waals surface area contributed by atoms with Crippen LogP contribution in [0.1, 0.15) is 12.0 Å². The average Bonchev–Trinajstić information content (AvgIpc) is 2.14. The zero-order valence-electron chi connectivity index (χ0n) is 7.27. The highest BCUT2D eigenvalue weighted by atomic mass is 32.2. The summed E-state index contributed by atoms with van der Waals surface area (Å²) in [6, 6.07) is 10.2. The first-order chi connectivity index (χ1) is 6.29. The smallest absolute Gasteiger partial charge is 0.186 e. The predicted octanol–water partition coefficient (Wildman–Crippen LogP) is 2.77. The first-order valence-electron chi connectivity index (χ1n) is 4.12. The largest absolute Gasteiger partial charge is 0.287 e. The highest BCUT2D eigenvalue weighted by molar-refractivity contribution is 7.99. The second-order valence-corrected chi connectivity index (χ2v) is 4.29. The van der Waals surface area contributed by atoms with Crippen LogP contribution in [-0.2, 0) is 10.5 Å². The Bertz CT molecular complexity index is 259. The van der Waals surface area contributed by atoms with Gasteiger partial charge in [0.05, 0.1) is 0 Å². The van der Waals surface area contributed by atoms with Crippen molar-refractivity contribution >= 4 is 29.5 Å². The molecule has 0 heterocycles. The number of carbonyl (C=O) groups is 1. The fourth-order valence-electron chi connectivity index (χ4n) is 0.924.